The van der Waals surface area contributed by atoms with E-state index in [0.29, 0.717) is 0 Å². The zero-order valence-electron chi connectivity index (χ0n) is 21.8. The third-order valence-corrected chi connectivity index (χ3v) is 7.89. The highest BCUT2D eigenvalue weighted by molar-refractivity contribution is 6.22. The van der Waals surface area contributed by atoms with Crippen molar-refractivity contribution in [1.29, 1.82) is 0 Å². The Bertz CT molecular complexity index is 2180. The minimum Gasteiger partial charge on any atom is -0.256 e. The lowest BCUT2D eigenvalue weighted by Gasteiger charge is -2.13. The third-order valence-electron chi connectivity index (χ3n) is 7.89. The first-order valence-corrected chi connectivity index (χ1v) is 13.6. The number of hydrogen-bond acceptors (Lipinski definition) is 2. The summed E-state index contributed by atoms with van der Waals surface area (Å²) in [6, 6.07) is 49.4. The second-order valence-electron chi connectivity index (χ2n) is 10.3. The monoisotopic (exact) mass is 508 g/mol. The van der Waals surface area contributed by atoms with Crippen molar-refractivity contribution < 1.29 is 0 Å². The van der Waals surface area contributed by atoms with Crippen molar-refractivity contribution in [3.63, 3.8) is 0 Å². The lowest BCUT2D eigenvalue weighted by Crippen LogP contribution is -1.91. The van der Waals surface area contributed by atoms with Crippen LogP contribution >= 0.6 is 0 Å². The van der Waals surface area contributed by atoms with E-state index in [1.807, 2.05) is 6.20 Å². The minimum absolute atomic E-state index is 0.977. The van der Waals surface area contributed by atoms with Crippen molar-refractivity contribution in [3.8, 4) is 33.6 Å². The summed E-state index contributed by atoms with van der Waals surface area (Å²) in [5.74, 6) is 0. The van der Waals surface area contributed by atoms with Crippen molar-refractivity contribution in [2.24, 2.45) is 0 Å². The van der Waals surface area contributed by atoms with Crippen LogP contribution in [0.1, 0.15) is 0 Å². The molecular weight excluding hydrogens is 484 g/mol. The number of para-hydroxylation sites is 1. The van der Waals surface area contributed by atoms with Gasteiger partial charge in [0.05, 0.1) is 16.9 Å². The highest BCUT2D eigenvalue weighted by Crippen LogP contribution is 2.37. The van der Waals surface area contributed by atoms with Crippen LogP contribution in [0.2, 0.25) is 0 Å². The summed E-state index contributed by atoms with van der Waals surface area (Å²) < 4.78 is 0. The van der Waals surface area contributed by atoms with Crippen LogP contribution in [0.5, 0.6) is 0 Å². The Balaban J connectivity index is 1.18. The summed E-state index contributed by atoms with van der Waals surface area (Å²) >= 11 is 0. The summed E-state index contributed by atoms with van der Waals surface area (Å²) in [6.07, 6.45) is 1.97. The molecule has 0 amide bonds. The fraction of sp³-hybridized carbons (Fsp3) is 0. The van der Waals surface area contributed by atoms with Crippen molar-refractivity contribution in [3.05, 3.63) is 146 Å². The standard InChI is InChI=1S/C38H24N2/c1-2-9-29-23-30(18-15-25(29)7-1)35-22-20-31(24-39-35)26-13-16-28(17-14-26)38-34-21-19-27-8-3-4-10-32(27)37(34)33-11-5-6-12-36(33)40-38/h1-24H. The molecule has 2 aromatic heterocycles. The van der Waals surface area contributed by atoms with Gasteiger partial charge >= 0.3 is 0 Å². The fourth-order valence-electron chi connectivity index (χ4n) is 5.85. The van der Waals surface area contributed by atoms with Crippen LogP contribution in [0.15, 0.2) is 146 Å². The molecule has 0 radical (unpaired) electrons. The number of nitrogens with zero attached hydrogens (tertiary/aromatic N) is 2. The summed E-state index contributed by atoms with van der Waals surface area (Å²) in [6.45, 7) is 0. The molecule has 0 spiro atoms. The minimum atomic E-state index is 0.977. The maximum atomic E-state index is 5.14. The molecule has 8 aromatic rings. The van der Waals surface area contributed by atoms with Gasteiger partial charge in [-0.15, -0.1) is 0 Å². The van der Waals surface area contributed by atoms with Crippen molar-refractivity contribution in [2.45, 2.75) is 0 Å². The molecule has 0 unspecified atom stereocenters. The van der Waals surface area contributed by atoms with Gasteiger partial charge in [-0.3, -0.25) is 4.98 Å². The third kappa shape index (κ3) is 3.73. The van der Waals surface area contributed by atoms with Gasteiger partial charge in [0, 0.05) is 39.0 Å². The Morgan fingerprint density at radius 3 is 1.88 bits per heavy atom. The van der Waals surface area contributed by atoms with Gasteiger partial charge in [0.25, 0.3) is 0 Å². The second kappa shape index (κ2) is 9.14. The normalized spacial score (nSPS) is 11.5. The van der Waals surface area contributed by atoms with E-state index < -0.39 is 0 Å². The highest BCUT2D eigenvalue weighted by Gasteiger charge is 2.13. The van der Waals surface area contributed by atoms with Crippen LogP contribution in [-0.4, -0.2) is 9.97 Å². The van der Waals surface area contributed by atoms with Gasteiger partial charge in [0.1, 0.15) is 0 Å². The van der Waals surface area contributed by atoms with Gasteiger partial charge in [-0.25, -0.2) is 4.98 Å². The molecule has 0 bridgehead atoms. The van der Waals surface area contributed by atoms with Gasteiger partial charge in [0.2, 0.25) is 0 Å². The van der Waals surface area contributed by atoms with E-state index in [1.54, 1.807) is 0 Å². The first-order valence-electron chi connectivity index (χ1n) is 13.6. The van der Waals surface area contributed by atoms with E-state index in [-0.39, 0.29) is 0 Å². The molecule has 186 valence electrons. The Morgan fingerprint density at radius 2 is 1.05 bits per heavy atom. The molecule has 2 heteroatoms. The maximum absolute atomic E-state index is 5.14. The summed E-state index contributed by atoms with van der Waals surface area (Å²) in [7, 11) is 0. The maximum Gasteiger partial charge on any atom is 0.0788 e. The molecule has 0 saturated carbocycles. The van der Waals surface area contributed by atoms with Crippen LogP contribution in [0, 0.1) is 0 Å². The molecule has 6 aromatic carbocycles. The number of fused-ring (bicyclic) bond motifs is 6. The Morgan fingerprint density at radius 1 is 0.400 bits per heavy atom. The molecule has 2 heterocycles. The number of aromatic nitrogens is 2. The zero-order chi connectivity index (χ0) is 26.5. The van der Waals surface area contributed by atoms with Crippen LogP contribution in [-0.2, 0) is 0 Å². The Labute approximate surface area is 232 Å². The predicted octanol–water partition coefficient (Wildman–Crippen LogP) is 10.1. The predicted molar refractivity (Wildman–Crippen MR) is 168 cm³/mol. The van der Waals surface area contributed by atoms with E-state index >= 15 is 0 Å². The molecule has 0 fully saturated rings. The van der Waals surface area contributed by atoms with Crippen molar-refractivity contribution >= 4 is 43.2 Å². The Hall–Kier alpha value is -5.34. The molecule has 0 aliphatic carbocycles. The van der Waals surface area contributed by atoms with Crippen LogP contribution in [0.25, 0.3) is 76.9 Å². The molecule has 0 saturated heterocycles. The summed E-state index contributed by atoms with van der Waals surface area (Å²) in [4.78, 5) is 9.94. The van der Waals surface area contributed by atoms with Gasteiger partial charge < -0.3 is 0 Å². The fourth-order valence-corrected chi connectivity index (χ4v) is 5.85. The van der Waals surface area contributed by atoms with Crippen molar-refractivity contribution in [1.82, 2.24) is 9.97 Å². The SMILES string of the molecule is c1ccc2cc(-c3ccc(-c4ccc(-c5nc6ccccc6c6c5ccc5ccccc56)cc4)cn3)ccc2c1. The Kier molecular flexibility index (Phi) is 5.17. The molecule has 0 N–H and O–H groups in total. The number of pyridine rings is 2. The lowest BCUT2D eigenvalue weighted by molar-refractivity contribution is 1.33. The average molecular weight is 509 g/mol. The van der Waals surface area contributed by atoms with Crippen molar-refractivity contribution in [2.75, 3.05) is 0 Å². The molecule has 0 aliphatic rings. The highest BCUT2D eigenvalue weighted by atomic mass is 14.7. The molecule has 8 rings (SSSR count). The van der Waals surface area contributed by atoms with Crippen LogP contribution in [0.4, 0.5) is 0 Å². The molecule has 2 nitrogen and oxygen atoms in total. The number of benzene rings is 6. The molecule has 0 atom stereocenters. The topological polar surface area (TPSA) is 25.8 Å². The summed E-state index contributed by atoms with van der Waals surface area (Å²) in [5, 5.41) is 8.59. The zero-order valence-corrected chi connectivity index (χ0v) is 21.8. The molecular formula is C38H24N2. The van der Waals surface area contributed by atoms with E-state index in [2.05, 4.69) is 140 Å². The smallest absolute Gasteiger partial charge is 0.0788 e. The first kappa shape index (κ1) is 22.6. The van der Waals surface area contributed by atoms with Gasteiger partial charge in [-0.05, 0) is 45.3 Å². The summed E-state index contributed by atoms with van der Waals surface area (Å²) in [5.41, 5.74) is 7.47. The van der Waals surface area contributed by atoms with E-state index in [0.717, 1.165) is 39.2 Å². The average Bonchev–Trinajstić information content (AvgIpc) is 3.04. The molecule has 40 heavy (non-hydrogen) atoms. The quantitative estimate of drug-likeness (QED) is 0.222. The van der Waals surface area contributed by atoms with E-state index in [1.165, 1.54) is 37.7 Å². The van der Waals surface area contributed by atoms with Gasteiger partial charge in [0.15, 0.2) is 0 Å². The first-order chi connectivity index (χ1) is 19.8. The largest absolute Gasteiger partial charge is 0.256 e. The number of rotatable bonds is 3. The van der Waals surface area contributed by atoms with E-state index in [4.69, 9.17) is 9.97 Å². The van der Waals surface area contributed by atoms with Gasteiger partial charge in [-0.1, -0.05) is 121 Å². The van der Waals surface area contributed by atoms with Crippen LogP contribution in [0.3, 0.4) is 0 Å². The van der Waals surface area contributed by atoms with Gasteiger partial charge in [-0.2, -0.15) is 0 Å². The lowest BCUT2D eigenvalue weighted by atomic mass is 9.94. The molecule has 0 aliphatic heterocycles. The second-order valence-corrected chi connectivity index (χ2v) is 10.3. The number of hydrogen-bond donors (Lipinski definition) is 0. The van der Waals surface area contributed by atoms with E-state index in [9.17, 15) is 0 Å². The van der Waals surface area contributed by atoms with Crippen LogP contribution < -0.4 is 0 Å².